The topological polar surface area (TPSA) is 85.3 Å². The highest BCUT2D eigenvalue weighted by Crippen LogP contribution is 2.33. The normalized spacial score (nSPS) is 20.6. The minimum Gasteiger partial charge on any atom is -0.444 e. The zero-order valence-electron chi connectivity index (χ0n) is 17.9. The monoisotopic (exact) mass is 402 g/mol. The van der Waals surface area contributed by atoms with Crippen LogP contribution in [0, 0.1) is 5.92 Å². The van der Waals surface area contributed by atoms with Crippen molar-refractivity contribution in [3.8, 4) is 0 Å². The van der Waals surface area contributed by atoms with Gasteiger partial charge >= 0.3 is 6.09 Å². The molecule has 2 amide bonds. The number of aryl methyl sites for hydroxylation is 1. The number of carbonyl (C=O) groups is 2. The molecule has 7 nitrogen and oxygen atoms in total. The molecule has 1 atom stereocenters. The van der Waals surface area contributed by atoms with Gasteiger partial charge in [0.1, 0.15) is 5.60 Å². The average Bonchev–Trinajstić information content (AvgIpc) is 3.25. The Morgan fingerprint density at radius 1 is 1.38 bits per heavy atom. The van der Waals surface area contributed by atoms with Crippen molar-refractivity contribution >= 4 is 12.0 Å². The molecule has 0 bridgehead atoms. The van der Waals surface area contributed by atoms with Gasteiger partial charge in [0.2, 0.25) is 0 Å². The number of nitrogens with one attached hydrogen (secondary N) is 2. The first kappa shape index (κ1) is 21.4. The van der Waals surface area contributed by atoms with Crippen LogP contribution in [0.5, 0.6) is 0 Å². The van der Waals surface area contributed by atoms with Gasteiger partial charge < -0.3 is 15.4 Å². The van der Waals surface area contributed by atoms with Gasteiger partial charge in [-0.15, -0.1) is 6.58 Å². The minimum absolute atomic E-state index is 0.0456. The Kier molecular flexibility index (Phi) is 6.34. The summed E-state index contributed by atoms with van der Waals surface area (Å²) >= 11 is 0. The Labute approximate surface area is 173 Å². The van der Waals surface area contributed by atoms with Crippen molar-refractivity contribution in [3.63, 3.8) is 0 Å². The molecule has 3 rings (SSSR count). The van der Waals surface area contributed by atoms with E-state index in [9.17, 15) is 9.59 Å². The van der Waals surface area contributed by atoms with E-state index < -0.39 is 11.7 Å². The molecule has 1 aromatic rings. The van der Waals surface area contributed by atoms with E-state index in [-0.39, 0.29) is 17.4 Å². The van der Waals surface area contributed by atoms with Crippen LogP contribution < -0.4 is 10.6 Å². The van der Waals surface area contributed by atoms with Crippen molar-refractivity contribution in [2.24, 2.45) is 5.92 Å². The summed E-state index contributed by atoms with van der Waals surface area (Å²) in [5.41, 5.74) is 0.932. The highest BCUT2D eigenvalue weighted by Gasteiger charge is 2.35. The number of hydrogen-bond donors (Lipinski definition) is 2. The van der Waals surface area contributed by atoms with Crippen LogP contribution in [0.4, 0.5) is 4.79 Å². The molecule has 1 aromatic heterocycles. The van der Waals surface area contributed by atoms with E-state index in [1.165, 1.54) is 0 Å². The van der Waals surface area contributed by atoms with E-state index in [4.69, 9.17) is 4.74 Å². The van der Waals surface area contributed by atoms with Crippen LogP contribution in [0.3, 0.4) is 0 Å². The second kappa shape index (κ2) is 8.59. The van der Waals surface area contributed by atoms with Gasteiger partial charge in [-0.2, -0.15) is 5.10 Å². The van der Waals surface area contributed by atoms with Crippen LogP contribution in [-0.2, 0) is 17.7 Å². The summed E-state index contributed by atoms with van der Waals surface area (Å²) < 4.78 is 7.24. The molecule has 7 heteroatoms. The van der Waals surface area contributed by atoms with Crippen molar-refractivity contribution < 1.29 is 14.3 Å². The highest BCUT2D eigenvalue weighted by atomic mass is 16.6. The lowest BCUT2D eigenvalue weighted by molar-refractivity contribution is 0.0516. The lowest BCUT2D eigenvalue weighted by Gasteiger charge is -2.30. The Bertz CT molecular complexity index is 757. The van der Waals surface area contributed by atoms with Gasteiger partial charge in [0, 0.05) is 18.6 Å². The second-order valence-corrected chi connectivity index (χ2v) is 9.40. The predicted molar refractivity (Wildman–Crippen MR) is 112 cm³/mol. The molecular weight excluding hydrogens is 368 g/mol. The summed E-state index contributed by atoms with van der Waals surface area (Å²) in [5, 5.41) is 10.6. The van der Waals surface area contributed by atoms with Crippen molar-refractivity contribution in [1.82, 2.24) is 20.4 Å². The van der Waals surface area contributed by atoms with Crippen LogP contribution in [0.15, 0.2) is 18.9 Å². The first-order valence-electron chi connectivity index (χ1n) is 10.7. The fourth-order valence-electron chi connectivity index (χ4n) is 4.42. The van der Waals surface area contributed by atoms with Crippen LogP contribution in [0.1, 0.15) is 75.3 Å². The van der Waals surface area contributed by atoms with Crippen molar-refractivity contribution in [2.45, 2.75) is 83.4 Å². The van der Waals surface area contributed by atoms with Gasteiger partial charge in [0.25, 0.3) is 5.91 Å². The van der Waals surface area contributed by atoms with E-state index in [2.05, 4.69) is 22.3 Å². The smallest absolute Gasteiger partial charge is 0.407 e. The summed E-state index contributed by atoms with van der Waals surface area (Å²) in [6.45, 7) is 10.7. The number of carbonyl (C=O) groups excluding carboxylic acids is 2. The number of ether oxygens (including phenoxy) is 1. The van der Waals surface area contributed by atoms with Gasteiger partial charge in [-0.3, -0.25) is 9.48 Å². The SMILES string of the molecule is C=CCC1(NC(=O)c2cnn3c2CC(CNC(=O)OC(C)(C)C)CC3)CCCC1. The molecule has 2 heterocycles. The molecule has 160 valence electrons. The van der Waals surface area contributed by atoms with E-state index in [1.54, 1.807) is 6.20 Å². The molecule has 2 aliphatic rings. The molecule has 0 spiro atoms. The molecule has 0 aromatic carbocycles. The van der Waals surface area contributed by atoms with Crippen molar-refractivity contribution in [1.29, 1.82) is 0 Å². The number of hydrogen-bond acceptors (Lipinski definition) is 4. The molecule has 1 aliphatic heterocycles. The Morgan fingerprint density at radius 3 is 2.76 bits per heavy atom. The van der Waals surface area contributed by atoms with E-state index in [0.29, 0.717) is 18.5 Å². The van der Waals surface area contributed by atoms with Gasteiger partial charge in [-0.25, -0.2) is 4.79 Å². The van der Waals surface area contributed by atoms with Crippen LogP contribution in [-0.4, -0.2) is 39.5 Å². The van der Waals surface area contributed by atoms with Crippen molar-refractivity contribution in [3.05, 3.63) is 30.1 Å². The fourth-order valence-corrected chi connectivity index (χ4v) is 4.42. The Morgan fingerprint density at radius 2 is 2.10 bits per heavy atom. The van der Waals surface area contributed by atoms with Gasteiger partial charge in [0.05, 0.1) is 17.5 Å². The molecular formula is C22H34N4O3. The number of rotatable bonds is 6. The van der Waals surface area contributed by atoms with E-state index in [1.807, 2.05) is 31.5 Å². The highest BCUT2D eigenvalue weighted by molar-refractivity contribution is 5.95. The zero-order chi connectivity index (χ0) is 21.1. The van der Waals surface area contributed by atoms with Crippen LogP contribution in [0.25, 0.3) is 0 Å². The van der Waals surface area contributed by atoms with Gasteiger partial charge in [-0.1, -0.05) is 18.9 Å². The largest absolute Gasteiger partial charge is 0.444 e. The summed E-state index contributed by atoms with van der Waals surface area (Å²) in [5.74, 6) is 0.211. The van der Waals surface area contributed by atoms with Crippen LogP contribution in [0.2, 0.25) is 0 Å². The third-order valence-electron chi connectivity index (χ3n) is 5.83. The maximum atomic E-state index is 13.1. The van der Waals surface area contributed by atoms with E-state index >= 15 is 0 Å². The molecule has 2 N–H and O–H groups in total. The van der Waals surface area contributed by atoms with Gasteiger partial charge in [-0.05, 0) is 58.8 Å². The molecule has 1 fully saturated rings. The summed E-state index contributed by atoms with van der Waals surface area (Å²) in [6, 6.07) is 0. The average molecular weight is 403 g/mol. The zero-order valence-corrected chi connectivity index (χ0v) is 17.9. The standard InChI is InChI=1S/C22H34N4O3/c1-5-9-22(10-6-7-11-22)25-19(27)17-15-24-26-12-8-16(13-18(17)26)14-23-20(28)29-21(2,3)4/h5,15-16H,1,6-14H2,2-4H3,(H,23,28)(H,25,27). The Hall–Kier alpha value is -2.31. The summed E-state index contributed by atoms with van der Waals surface area (Å²) in [4.78, 5) is 25.0. The van der Waals surface area contributed by atoms with Gasteiger partial charge in [0.15, 0.2) is 0 Å². The van der Waals surface area contributed by atoms with E-state index in [0.717, 1.165) is 50.8 Å². The molecule has 1 aliphatic carbocycles. The summed E-state index contributed by atoms with van der Waals surface area (Å²) in [6.07, 6.45) is 9.87. The summed E-state index contributed by atoms with van der Waals surface area (Å²) in [7, 11) is 0. The number of nitrogens with zero attached hydrogens (tertiary/aromatic N) is 2. The molecule has 0 radical (unpaired) electrons. The lowest BCUT2D eigenvalue weighted by atomic mass is 9.91. The molecule has 1 unspecified atom stereocenters. The number of fused-ring (bicyclic) bond motifs is 1. The third-order valence-corrected chi connectivity index (χ3v) is 5.83. The third kappa shape index (κ3) is 5.40. The maximum Gasteiger partial charge on any atom is 0.407 e. The maximum absolute atomic E-state index is 13.1. The number of amides is 2. The second-order valence-electron chi connectivity index (χ2n) is 9.40. The van der Waals surface area contributed by atoms with Crippen molar-refractivity contribution in [2.75, 3.05) is 6.54 Å². The number of alkyl carbamates (subject to hydrolysis) is 1. The fraction of sp³-hybridized carbons (Fsp3) is 0.682. The number of aromatic nitrogens is 2. The quantitative estimate of drug-likeness (QED) is 0.712. The molecule has 0 saturated heterocycles. The predicted octanol–water partition coefficient (Wildman–Crippen LogP) is 3.59. The first-order valence-corrected chi connectivity index (χ1v) is 10.7. The minimum atomic E-state index is -0.512. The Balaban J connectivity index is 1.62. The first-order chi connectivity index (χ1) is 13.7. The lowest BCUT2D eigenvalue weighted by Crippen LogP contribution is -2.46. The molecule has 1 saturated carbocycles. The molecule has 29 heavy (non-hydrogen) atoms. The van der Waals surface area contributed by atoms with Crippen LogP contribution >= 0.6 is 0 Å².